The Morgan fingerprint density at radius 2 is 1.54 bits per heavy atom. The van der Waals surface area contributed by atoms with E-state index in [1.54, 1.807) is 69.9 Å². The number of likely N-dealkylation sites (N-methyl/N-ethyl adjacent to an activating group) is 1. The number of carbonyl (C=O) groups excluding carboxylic acids is 8. The molecule has 5 heterocycles. The molecule has 38 heteroatoms. The van der Waals surface area contributed by atoms with Gasteiger partial charge in [0.1, 0.15) is 42.4 Å². The van der Waals surface area contributed by atoms with Crippen molar-refractivity contribution in [3.8, 4) is 46.7 Å². The van der Waals surface area contributed by atoms with Crippen molar-refractivity contribution in [2.45, 2.75) is 234 Å². The van der Waals surface area contributed by atoms with Gasteiger partial charge in [0.15, 0.2) is 41.8 Å². The highest BCUT2D eigenvalue weighted by atomic mass is 127. The fourth-order valence-corrected chi connectivity index (χ4v) is 17.9. The topological polar surface area (TPSA) is 431 Å². The zero-order chi connectivity index (χ0) is 83.9. The zero-order valence-corrected chi connectivity index (χ0v) is 70.6. The van der Waals surface area contributed by atoms with Crippen LogP contribution in [0.15, 0.2) is 64.4 Å². The number of ketones is 1. The summed E-state index contributed by atoms with van der Waals surface area (Å²) in [5.41, 5.74) is 4.38. The third kappa shape index (κ3) is 22.7. The van der Waals surface area contributed by atoms with E-state index in [1.165, 1.54) is 69.1 Å². The first-order chi connectivity index (χ1) is 54.7. The van der Waals surface area contributed by atoms with Gasteiger partial charge in [-0.15, -0.1) is 5.06 Å². The summed E-state index contributed by atoms with van der Waals surface area (Å²) in [4.78, 5) is 117. The minimum Gasteiger partial charge on any atom is -0.494 e. The van der Waals surface area contributed by atoms with Crippen molar-refractivity contribution >= 4 is 108 Å². The Labute approximate surface area is 691 Å². The lowest BCUT2D eigenvalue weighted by Gasteiger charge is -2.47. The van der Waals surface area contributed by atoms with Gasteiger partial charge < -0.3 is 96.8 Å². The Morgan fingerprint density at radius 1 is 0.843 bits per heavy atom. The van der Waals surface area contributed by atoms with Crippen molar-refractivity contribution in [2.75, 3.05) is 61.1 Å². The number of allylic oxidation sites excluding steroid dienone is 3. The average molecular weight is 1780 g/mol. The Balaban J connectivity index is 0.901. The zero-order valence-electron chi connectivity index (χ0n) is 66.0. The number of Topliss-reactive ketones (excluding diaryl/α,β-unsaturated/α-hetero) is 1. The predicted octanol–water partition coefficient (Wildman–Crippen LogP) is 4.65. The number of hydroxylamine groups is 3. The van der Waals surface area contributed by atoms with Crippen LogP contribution in [-0.4, -0.2) is 269 Å². The van der Waals surface area contributed by atoms with Crippen molar-refractivity contribution in [3.63, 3.8) is 0 Å². The number of benzene rings is 2. The Hall–Kier alpha value is -7.01. The van der Waals surface area contributed by atoms with Gasteiger partial charge in [-0.3, -0.25) is 38.9 Å². The molecule has 5 amide bonds. The van der Waals surface area contributed by atoms with Crippen LogP contribution in [0.25, 0.3) is 0 Å². The highest BCUT2D eigenvalue weighted by molar-refractivity contribution is 14.1. The molecule has 2 aliphatic carbocycles. The van der Waals surface area contributed by atoms with Crippen molar-refractivity contribution in [2.24, 2.45) is 5.10 Å². The lowest BCUT2D eigenvalue weighted by Crippen LogP contribution is -2.65. The fraction of sp³-hybridized carbons (Fsp3) is 0.597. The SMILES string of the molecule is CCN(C(C)=O)C1COC(OC2C(O[C@H]3C#C/C=C\C#C[C@]4(O)CC(=O)C(NC(=O)OC)=C3/C4=C\CSSC(C)(C)CC(=O)N/N=C(\C)c3ccc(OCCCC(=O)ON4C(=O)CCC4=O)cc3)O[C@H](C)C(NOC3CC(O)C(SC(=O)c4c(C)c(I)c(OC5OC(C)C(O)C(OC)C5O)c(OC)c4OC)C(C)O3)C2O)CC1OC. The van der Waals surface area contributed by atoms with Crippen molar-refractivity contribution in [1.82, 2.24) is 26.2 Å². The minimum atomic E-state index is -2.25. The van der Waals surface area contributed by atoms with Crippen LogP contribution in [0.5, 0.6) is 23.0 Å². The number of imide groups is 1. The third-order valence-corrected chi connectivity index (χ3v) is 25.6. The molecule has 2 aromatic rings. The molecule has 34 nitrogen and oxygen atoms in total. The summed E-state index contributed by atoms with van der Waals surface area (Å²) in [5.74, 6) is 8.83. The number of fused-ring (bicyclic) bond motifs is 2. The number of aliphatic hydroxyl groups is 5. The highest BCUT2D eigenvalue weighted by Crippen LogP contribution is 2.50. The molecule has 2 aromatic carbocycles. The van der Waals surface area contributed by atoms with Crippen LogP contribution in [0.2, 0.25) is 0 Å². The molecule has 9 rings (SSSR count). The number of hydrogen-bond donors (Lipinski definition) is 8. The number of nitrogens with zero attached hydrogens (tertiary/aromatic N) is 3. The minimum absolute atomic E-state index is 0.00105. The number of alkyl carbamates (subject to hydrolysis) is 1. The molecule has 8 N–H and O–H groups in total. The summed E-state index contributed by atoms with van der Waals surface area (Å²) in [5, 5.41) is 65.1. The first-order valence-electron chi connectivity index (χ1n) is 37.1. The number of rotatable bonds is 32. The van der Waals surface area contributed by atoms with E-state index in [9.17, 15) is 63.9 Å². The molecule has 0 saturated carbocycles. The molecule has 0 spiro atoms. The predicted molar refractivity (Wildman–Crippen MR) is 423 cm³/mol. The second kappa shape index (κ2) is 41.6. The van der Waals surface area contributed by atoms with Crippen LogP contribution in [0.4, 0.5) is 4.79 Å². The monoisotopic (exact) mass is 1780 g/mol. The lowest BCUT2D eigenvalue weighted by atomic mass is 9.75. The largest absolute Gasteiger partial charge is 0.494 e. The summed E-state index contributed by atoms with van der Waals surface area (Å²) in [6, 6.07) is 5.11. The van der Waals surface area contributed by atoms with E-state index < -0.39 is 167 Å². The molecule has 0 aromatic heterocycles. The first-order valence-corrected chi connectivity index (χ1v) is 41.3. The Morgan fingerprint density at radius 3 is 2.19 bits per heavy atom. The summed E-state index contributed by atoms with van der Waals surface area (Å²) in [6.07, 6.45) is -16.0. The maximum absolute atomic E-state index is 14.6. The maximum Gasteiger partial charge on any atom is 0.411 e. The number of nitrogens with one attached hydrogen (secondary N) is 3. The van der Waals surface area contributed by atoms with Gasteiger partial charge in [0.2, 0.25) is 29.0 Å². The summed E-state index contributed by atoms with van der Waals surface area (Å²) >= 11 is 2.77. The second-order valence-corrected chi connectivity index (χ2v) is 33.6. The smallest absolute Gasteiger partial charge is 0.411 e. The molecule has 16 unspecified atom stereocenters. The summed E-state index contributed by atoms with van der Waals surface area (Å²) < 4.78 is 78.2. The molecule has 19 atom stereocenters. The van der Waals surface area contributed by atoms with E-state index in [1.807, 2.05) is 43.4 Å². The summed E-state index contributed by atoms with van der Waals surface area (Å²) in [6.45, 7) is 15.6. The van der Waals surface area contributed by atoms with Gasteiger partial charge in [0.25, 0.3) is 11.8 Å². The number of methoxy groups -OCH3 is 5. The standard InChI is InChI=1S/C77H99IN6O28S3/c1-15-83(43(7)85)47-37-104-56(34-51(47)98-10)109-69-64(93)61(82-111-57-33-48(86)71(42(6)105-57)114-72(95)58-38(2)60(78)67(70(101-13)66(58)99-11)110-73-65(94)68(100-12)63(92)41(5)107-73)40(4)106-74(69)108-50-21-18-16-17-19-30-77(97)35-49(87)62(79-75(96)102-14)59(50)46(77)29-32-113-115-76(8,9)36-52(88)81-80-39(3)44-23-25-45(26-24-44)103-31-20-22-55(91)112-84-53(89)27-28-54(84)90/h16-17,23-26,29,40-42,47-48,50-51,56-57,61,63-65,68-69,71,73-74,82,86,92-94,97H,15,20,22,27-28,31-37H2,1-14H3,(H,79,96)(H,81,88)/b17-16-,46-29+,80-39+/t40-,41?,42?,47?,48?,50+,51?,56?,57?,61?,63?,64?,65?,68?,69?,71?,73?,74?,77+/m1/s1. The average Bonchev–Trinajstić information content (AvgIpc) is 0.827. The van der Waals surface area contributed by atoms with Crippen LogP contribution < -0.4 is 35.2 Å². The van der Waals surface area contributed by atoms with Crippen molar-refractivity contribution in [1.29, 1.82) is 0 Å². The van der Waals surface area contributed by atoms with Crippen LogP contribution in [-0.2, 0) is 81.1 Å². The van der Waals surface area contributed by atoms with Gasteiger partial charge in [0.05, 0.1) is 116 Å². The molecular formula is C77H99IN6O28S3. The number of halogens is 1. The van der Waals surface area contributed by atoms with Gasteiger partial charge in [-0.05, 0) is 132 Å². The Bertz CT molecular complexity index is 4120. The molecule has 115 heavy (non-hydrogen) atoms. The van der Waals surface area contributed by atoms with Gasteiger partial charge in [-0.2, -0.15) is 10.6 Å². The number of amides is 5. The highest BCUT2D eigenvalue weighted by Gasteiger charge is 2.53. The summed E-state index contributed by atoms with van der Waals surface area (Å²) in [7, 11) is 9.21. The van der Waals surface area contributed by atoms with E-state index in [4.69, 9.17) is 71.3 Å². The van der Waals surface area contributed by atoms with E-state index in [0.717, 1.165) is 18.9 Å². The molecule has 5 fully saturated rings. The van der Waals surface area contributed by atoms with Crippen LogP contribution in [0, 0.1) is 34.2 Å². The van der Waals surface area contributed by atoms with Crippen molar-refractivity contribution < 1.29 is 135 Å². The van der Waals surface area contributed by atoms with Crippen LogP contribution >= 0.6 is 55.9 Å². The normalized spacial score (nSPS) is 30.3. The molecule has 5 saturated heterocycles. The molecule has 7 aliphatic rings. The van der Waals surface area contributed by atoms with Crippen molar-refractivity contribution in [3.05, 3.63) is 79.6 Å². The molecule has 2 bridgehead atoms. The van der Waals surface area contributed by atoms with Gasteiger partial charge in [-0.25, -0.2) is 15.0 Å². The quantitative estimate of drug-likeness (QED) is 0.00939. The molecule has 0 radical (unpaired) electrons. The second-order valence-electron chi connectivity index (χ2n) is 28.3. The van der Waals surface area contributed by atoms with E-state index in [0.29, 0.717) is 37.8 Å². The first kappa shape index (κ1) is 91.9. The number of aliphatic hydroxyl groups excluding tert-OH is 4. The van der Waals surface area contributed by atoms with E-state index in [-0.39, 0.29) is 109 Å². The molecule has 5 aliphatic heterocycles. The Kier molecular flexibility index (Phi) is 33.2. The maximum atomic E-state index is 14.6. The third-order valence-electron chi connectivity index (χ3n) is 19.8. The fourth-order valence-electron chi connectivity index (χ4n) is 13.8. The molecular weight excluding hydrogens is 1680 g/mol. The van der Waals surface area contributed by atoms with E-state index in [2.05, 4.69) is 45.0 Å². The van der Waals surface area contributed by atoms with Gasteiger partial charge in [-0.1, -0.05) is 63.1 Å². The molecule has 630 valence electrons. The number of ether oxygens (including phenoxy) is 13. The number of thioether (sulfide) groups is 1. The number of hydrogen-bond acceptors (Lipinski definition) is 33. The number of carbonyl (C=O) groups is 8. The van der Waals surface area contributed by atoms with Gasteiger partial charge in [0, 0.05) is 81.4 Å². The lowest BCUT2D eigenvalue weighted by molar-refractivity contribution is -0.337. The van der Waals surface area contributed by atoms with Crippen LogP contribution in [0.3, 0.4) is 0 Å². The number of hydrazone groups is 1. The van der Waals surface area contributed by atoms with Crippen LogP contribution in [0.1, 0.15) is 128 Å². The van der Waals surface area contributed by atoms with E-state index >= 15 is 0 Å². The van der Waals surface area contributed by atoms with Gasteiger partial charge >= 0.3 is 12.1 Å².